The number of hydrogen-bond acceptors (Lipinski definition) is 4. The van der Waals surface area contributed by atoms with E-state index in [1.165, 1.54) is 5.56 Å². The van der Waals surface area contributed by atoms with E-state index < -0.39 is 0 Å². The lowest BCUT2D eigenvalue weighted by atomic mass is 9.98. The second kappa shape index (κ2) is 9.31. The van der Waals surface area contributed by atoms with Gasteiger partial charge in [-0.15, -0.1) is 0 Å². The number of amides is 1. The van der Waals surface area contributed by atoms with E-state index in [0.29, 0.717) is 24.6 Å². The lowest BCUT2D eigenvalue weighted by molar-refractivity contribution is -0.122. The van der Waals surface area contributed by atoms with Crippen molar-refractivity contribution in [3.05, 3.63) is 71.6 Å². The van der Waals surface area contributed by atoms with Gasteiger partial charge in [-0.2, -0.15) is 4.98 Å². The summed E-state index contributed by atoms with van der Waals surface area (Å²) in [5, 5.41) is 7.21. The third-order valence-electron chi connectivity index (χ3n) is 5.03. The smallest absolute Gasteiger partial charge is 0.249 e. The molecule has 0 spiro atoms. The minimum atomic E-state index is -0.292. The summed E-state index contributed by atoms with van der Waals surface area (Å²) in [5.41, 5.74) is 3.23. The molecule has 3 rings (SSSR count). The third-order valence-corrected chi connectivity index (χ3v) is 5.03. The molecular formula is C23H27N3O2. The van der Waals surface area contributed by atoms with Gasteiger partial charge in [-0.05, 0) is 24.8 Å². The molecule has 0 fully saturated rings. The van der Waals surface area contributed by atoms with Crippen molar-refractivity contribution in [2.45, 2.75) is 46.1 Å². The van der Waals surface area contributed by atoms with Crippen LogP contribution in [-0.4, -0.2) is 16.0 Å². The molecule has 0 saturated carbocycles. The minimum Gasteiger partial charge on any atom is -0.344 e. The van der Waals surface area contributed by atoms with Gasteiger partial charge in [0.05, 0.1) is 0 Å². The van der Waals surface area contributed by atoms with Gasteiger partial charge >= 0.3 is 0 Å². The lowest BCUT2D eigenvalue weighted by Gasteiger charge is -2.20. The number of nitrogens with zero attached hydrogens (tertiary/aromatic N) is 2. The predicted octanol–water partition coefficient (Wildman–Crippen LogP) is 4.88. The molecule has 1 N–H and O–H groups in total. The molecule has 0 saturated heterocycles. The van der Waals surface area contributed by atoms with E-state index in [4.69, 9.17) is 4.52 Å². The summed E-state index contributed by atoms with van der Waals surface area (Å²) in [6.07, 6.45) is 2.03. The van der Waals surface area contributed by atoms with Crippen LogP contribution in [0.2, 0.25) is 0 Å². The summed E-state index contributed by atoms with van der Waals surface area (Å²) in [7, 11) is 0. The van der Waals surface area contributed by atoms with E-state index in [1.807, 2.05) is 61.5 Å². The van der Waals surface area contributed by atoms with Crippen molar-refractivity contribution in [2.24, 2.45) is 5.92 Å². The van der Waals surface area contributed by atoms with Gasteiger partial charge in [-0.1, -0.05) is 85.6 Å². The van der Waals surface area contributed by atoms with E-state index in [0.717, 1.165) is 17.5 Å². The molecule has 0 bridgehead atoms. The number of benzene rings is 2. The van der Waals surface area contributed by atoms with Crippen LogP contribution in [0.5, 0.6) is 0 Å². The zero-order valence-corrected chi connectivity index (χ0v) is 16.7. The molecular weight excluding hydrogens is 350 g/mol. The van der Waals surface area contributed by atoms with Crippen molar-refractivity contribution < 1.29 is 9.32 Å². The van der Waals surface area contributed by atoms with Gasteiger partial charge in [-0.25, -0.2) is 0 Å². The molecule has 0 aliphatic heterocycles. The van der Waals surface area contributed by atoms with Crippen molar-refractivity contribution in [3.63, 3.8) is 0 Å². The average Bonchev–Trinajstić information content (AvgIpc) is 3.21. The van der Waals surface area contributed by atoms with Crippen molar-refractivity contribution in [1.29, 1.82) is 0 Å². The van der Waals surface area contributed by atoms with Gasteiger partial charge < -0.3 is 9.84 Å². The van der Waals surface area contributed by atoms with Crippen LogP contribution < -0.4 is 5.32 Å². The van der Waals surface area contributed by atoms with Crippen LogP contribution in [0.15, 0.2) is 59.1 Å². The standard InChI is InChI=1S/C23H27N3O2/c1-4-17(3)21(24-20(27)15-12-18-8-6-5-7-9-18)23-25-22(26-28-23)19-13-10-16(2)11-14-19/h5-11,13-14,17,21H,4,12,15H2,1-3H3,(H,24,27)/t17-,21-/m0/s1. The van der Waals surface area contributed by atoms with Crippen molar-refractivity contribution in [1.82, 2.24) is 15.5 Å². The molecule has 5 heteroatoms. The van der Waals surface area contributed by atoms with Crippen LogP contribution >= 0.6 is 0 Å². The number of nitrogens with one attached hydrogen (secondary N) is 1. The molecule has 28 heavy (non-hydrogen) atoms. The van der Waals surface area contributed by atoms with Crippen LogP contribution in [0, 0.1) is 12.8 Å². The Bertz CT molecular complexity index is 888. The average molecular weight is 377 g/mol. The van der Waals surface area contributed by atoms with Crippen molar-refractivity contribution >= 4 is 5.91 Å². The first kappa shape index (κ1) is 19.8. The lowest BCUT2D eigenvalue weighted by Crippen LogP contribution is -2.32. The number of rotatable bonds is 8. The number of aryl methyl sites for hydroxylation is 2. The quantitative estimate of drug-likeness (QED) is 0.607. The Morgan fingerprint density at radius 1 is 1.11 bits per heavy atom. The summed E-state index contributed by atoms with van der Waals surface area (Å²) in [5.74, 6) is 1.18. The molecule has 5 nitrogen and oxygen atoms in total. The molecule has 1 amide bonds. The van der Waals surface area contributed by atoms with Crippen LogP contribution in [0.1, 0.15) is 49.7 Å². The van der Waals surface area contributed by atoms with E-state index in [2.05, 4.69) is 29.3 Å². The zero-order chi connectivity index (χ0) is 19.9. The SMILES string of the molecule is CC[C@H](C)[C@H](NC(=O)CCc1ccccc1)c1nc(-c2ccc(C)cc2)no1. The summed E-state index contributed by atoms with van der Waals surface area (Å²) in [4.78, 5) is 17.1. The molecule has 1 heterocycles. The highest BCUT2D eigenvalue weighted by Crippen LogP contribution is 2.26. The van der Waals surface area contributed by atoms with E-state index >= 15 is 0 Å². The molecule has 0 aliphatic rings. The van der Waals surface area contributed by atoms with Gasteiger partial charge in [-0.3, -0.25) is 4.79 Å². The Balaban J connectivity index is 1.70. The van der Waals surface area contributed by atoms with Crippen LogP contribution in [-0.2, 0) is 11.2 Å². The first-order chi connectivity index (χ1) is 13.6. The highest BCUT2D eigenvalue weighted by atomic mass is 16.5. The van der Waals surface area contributed by atoms with E-state index in [-0.39, 0.29) is 17.9 Å². The summed E-state index contributed by atoms with van der Waals surface area (Å²) in [6, 6.07) is 17.7. The first-order valence-corrected chi connectivity index (χ1v) is 9.80. The molecule has 146 valence electrons. The van der Waals surface area contributed by atoms with Crippen LogP contribution in [0.4, 0.5) is 0 Å². The molecule has 2 atom stereocenters. The fourth-order valence-electron chi connectivity index (χ4n) is 3.01. The molecule has 1 aromatic heterocycles. The Hall–Kier alpha value is -2.95. The second-order valence-electron chi connectivity index (χ2n) is 7.24. The van der Waals surface area contributed by atoms with Crippen molar-refractivity contribution in [3.8, 4) is 11.4 Å². The molecule has 0 aliphatic carbocycles. The van der Waals surface area contributed by atoms with Gasteiger partial charge in [0, 0.05) is 12.0 Å². The topological polar surface area (TPSA) is 68.0 Å². The highest BCUT2D eigenvalue weighted by Gasteiger charge is 2.26. The number of carbonyl (C=O) groups excluding carboxylic acids is 1. The van der Waals surface area contributed by atoms with Gasteiger partial charge in [0.2, 0.25) is 17.6 Å². The van der Waals surface area contributed by atoms with Gasteiger partial charge in [0.1, 0.15) is 6.04 Å². The fourth-order valence-corrected chi connectivity index (χ4v) is 3.01. The fraction of sp³-hybridized carbons (Fsp3) is 0.348. The number of aromatic nitrogens is 2. The second-order valence-corrected chi connectivity index (χ2v) is 7.24. The molecule has 0 radical (unpaired) electrons. The maximum atomic E-state index is 12.5. The Morgan fingerprint density at radius 2 is 1.82 bits per heavy atom. The molecule has 3 aromatic rings. The van der Waals surface area contributed by atoms with Gasteiger partial charge in [0.15, 0.2) is 0 Å². The molecule has 0 unspecified atom stereocenters. The van der Waals surface area contributed by atoms with Crippen LogP contribution in [0.25, 0.3) is 11.4 Å². The van der Waals surface area contributed by atoms with E-state index in [1.54, 1.807) is 0 Å². The maximum Gasteiger partial charge on any atom is 0.249 e. The van der Waals surface area contributed by atoms with Gasteiger partial charge in [0.25, 0.3) is 0 Å². The maximum absolute atomic E-state index is 12.5. The monoisotopic (exact) mass is 377 g/mol. The van der Waals surface area contributed by atoms with Crippen LogP contribution in [0.3, 0.4) is 0 Å². The Morgan fingerprint density at radius 3 is 2.50 bits per heavy atom. The minimum absolute atomic E-state index is 0.00996. The first-order valence-electron chi connectivity index (χ1n) is 9.80. The Kier molecular flexibility index (Phi) is 6.58. The van der Waals surface area contributed by atoms with E-state index in [9.17, 15) is 4.79 Å². The predicted molar refractivity (Wildman–Crippen MR) is 110 cm³/mol. The highest BCUT2D eigenvalue weighted by molar-refractivity contribution is 5.76. The normalized spacial score (nSPS) is 13.1. The zero-order valence-electron chi connectivity index (χ0n) is 16.7. The summed E-state index contributed by atoms with van der Waals surface area (Å²) >= 11 is 0. The molecule has 2 aromatic carbocycles. The Labute approximate surface area is 166 Å². The summed E-state index contributed by atoms with van der Waals surface area (Å²) < 4.78 is 5.52. The van der Waals surface area contributed by atoms with Crippen molar-refractivity contribution in [2.75, 3.05) is 0 Å². The summed E-state index contributed by atoms with van der Waals surface area (Å²) in [6.45, 7) is 6.21. The largest absolute Gasteiger partial charge is 0.344 e. The number of carbonyl (C=O) groups is 1. The number of hydrogen-bond donors (Lipinski definition) is 1. The third kappa shape index (κ3) is 5.06.